The minimum atomic E-state index is -4.25. The Bertz CT molecular complexity index is 693. The molecule has 4 nitrogen and oxygen atoms in total. The molecule has 0 aliphatic heterocycles. The molecule has 0 atom stereocenters. The van der Waals surface area contributed by atoms with Gasteiger partial charge in [0.2, 0.25) is 0 Å². The van der Waals surface area contributed by atoms with Crippen LogP contribution in [0.15, 0.2) is 10.9 Å². The molecule has 0 bridgehead atoms. The zero-order valence-corrected chi connectivity index (χ0v) is 15.4. The van der Waals surface area contributed by atoms with Crippen molar-refractivity contribution >= 4 is 5.91 Å². The lowest BCUT2D eigenvalue weighted by Gasteiger charge is -2.21. The van der Waals surface area contributed by atoms with Crippen molar-refractivity contribution in [3.63, 3.8) is 0 Å². The zero-order chi connectivity index (χ0) is 19.3. The van der Waals surface area contributed by atoms with Crippen LogP contribution in [0.2, 0.25) is 0 Å². The third kappa shape index (κ3) is 5.61. The van der Waals surface area contributed by atoms with Crippen molar-refractivity contribution in [1.29, 1.82) is 0 Å². The molecule has 0 unspecified atom stereocenters. The topological polar surface area (TPSA) is 51.1 Å². The van der Waals surface area contributed by atoms with Crippen LogP contribution >= 0.6 is 0 Å². The number of hydrogen-bond donors (Lipinski definition) is 1. The Kier molecular flexibility index (Phi) is 6.89. The normalized spacial score (nSPS) is 15.3. The standard InChI is InChI=1S/C19H27F3N2O2/c1-13(2)23-17(25)15-12-14-8-5-3-4-6-9-16(14)24(18(15)26)11-7-10-19(20,21)22/h12-13H,3-11H2,1-2H3,(H,23,25). The Morgan fingerprint density at radius 1 is 1.19 bits per heavy atom. The Balaban J connectivity index is 2.41. The predicted molar refractivity (Wildman–Crippen MR) is 94.5 cm³/mol. The van der Waals surface area contributed by atoms with Crippen molar-refractivity contribution in [2.75, 3.05) is 0 Å². The lowest BCUT2D eigenvalue weighted by molar-refractivity contribution is -0.135. The van der Waals surface area contributed by atoms with Crippen LogP contribution in [0.1, 0.15) is 74.0 Å². The number of rotatable bonds is 5. The van der Waals surface area contributed by atoms with Crippen molar-refractivity contribution in [3.05, 3.63) is 33.2 Å². The molecule has 146 valence electrons. The quantitative estimate of drug-likeness (QED) is 0.850. The van der Waals surface area contributed by atoms with E-state index in [2.05, 4.69) is 5.32 Å². The number of hydrogen-bond acceptors (Lipinski definition) is 2. The Morgan fingerprint density at radius 3 is 2.46 bits per heavy atom. The van der Waals surface area contributed by atoms with E-state index in [0.717, 1.165) is 43.4 Å². The van der Waals surface area contributed by atoms with Gasteiger partial charge in [-0.1, -0.05) is 12.8 Å². The molecule has 1 aliphatic rings. The maximum atomic E-state index is 12.8. The Hall–Kier alpha value is -1.79. The number of alkyl halides is 3. The van der Waals surface area contributed by atoms with E-state index in [-0.39, 0.29) is 24.6 Å². The molecule has 7 heteroatoms. The zero-order valence-electron chi connectivity index (χ0n) is 15.4. The molecule has 0 aromatic carbocycles. The number of carbonyl (C=O) groups excluding carboxylic acids is 1. The highest BCUT2D eigenvalue weighted by molar-refractivity contribution is 5.94. The number of nitrogens with one attached hydrogen (secondary N) is 1. The number of fused-ring (bicyclic) bond motifs is 1. The van der Waals surface area contributed by atoms with E-state index >= 15 is 0 Å². The lowest BCUT2D eigenvalue weighted by atomic mass is 9.95. The van der Waals surface area contributed by atoms with E-state index in [4.69, 9.17) is 0 Å². The van der Waals surface area contributed by atoms with Gasteiger partial charge in [0.25, 0.3) is 11.5 Å². The second-order valence-corrected chi connectivity index (χ2v) is 7.25. The van der Waals surface area contributed by atoms with E-state index in [1.807, 2.05) is 0 Å². The number of halogens is 3. The SMILES string of the molecule is CC(C)NC(=O)c1cc2c(n(CCCC(F)(F)F)c1=O)CCCCCC2. The molecule has 1 aliphatic carbocycles. The number of nitrogens with zero attached hydrogens (tertiary/aromatic N) is 1. The smallest absolute Gasteiger partial charge is 0.350 e. The first-order chi connectivity index (χ1) is 12.2. The lowest BCUT2D eigenvalue weighted by Crippen LogP contribution is -2.38. The van der Waals surface area contributed by atoms with Crippen LogP contribution in [0.4, 0.5) is 13.2 Å². The summed E-state index contributed by atoms with van der Waals surface area (Å²) >= 11 is 0. The van der Waals surface area contributed by atoms with Crippen LogP contribution in [-0.2, 0) is 19.4 Å². The van der Waals surface area contributed by atoms with E-state index in [0.29, 0.717) is 6.42 Å². The summed E-state index contributed by atoms with van der Waals surface area (Å²) in [5.41, 5.74) is 1.28. The van der Waals surface area contributed by atoms with Crippen LogP contribution in [-0.4, -0.2) is 22.7 Å². The molecule has 0 radical (unpaired) electrons. The fraction of sp³-hybridized carbons (Fsp3) is 0.684. The van der Waals surface area contributed by atoms with Gasteiger partial charge in [-0.3, -0.25) is 9.59 Å². The molecule has 0 saturated heterocycles. The summed E-state index contributed by atoms with van der Waals surface area (Å²) in [6, 6.07) is 1.53. The second-order valence-electron chi connectivity index (χ2n) is 7.25. The summed E-state index contributed by atoms with van der Waals surface area (Å²) < 4.78 is 39.0. The van der Waals surface area contributed by atoms with Gasteiger partial charge < -0.3 is 9.88 Å². The maximum absolute atomic E-state index is 12.8. The first-order valence-electron chi connectivity index (χ1n) is 9.32. The number of pyridine rings is 1. The first-order valence-corrected chi connectivity index (χ1v) is 9.32. The van der Waals surface area contributed by atoms with Gasteiger partial charge in [-0.25, -0.2) is 0 Å². The van der Waals surface area contributed by atoms with E-state index in [9.17, 15) is 22.8 Å². The highest BCUT2D eigenvalue weighted by Crippen LogP contribution is 2.24. The molecule has 0 fully saturated rings. The summed E-state index contributed by atoms with van der Waals surface area (Å²) in [4.78, 5) is 25.2. The number of amides is 1. The minimum absolute atomic E-state index is 0.0104. The van der Waals surface area contributed by atoms with Crippen molar-refractivity contribution in [2.24, 2.45) is 0 Å². The van der Waals surface area contributed by atoms with Gasteiger partial charge in [0.05, 0.1) is 0 Å². The fourth-order valence-corrected chi connectivity index (χ4v) is 3.41. The third-order valence-electron chi connectivity index (χ3n) is 4.61. The van der Waals surface area contributed by atoms with Crippen molar-refractivity contribution in [2.45, 2.75) is 84.0 Å². The van der Waals surface area contributed by atoms with Crippen LogP contribution in [0.5, 0.6) is 0 Å². The summed E-state index contributed by atoms with van der Waals surface area (Å²) in [5.74, 6) is -0.459. The van der Waals surface area contributed by atoms with E-state index in [1.54, 1.807) is 19.9 Å². The minimum Gasteiger partial charge on any atom is -0.350 e. The molecular formula is C19H27F3N2O2. The summed E-state index contributed by atoms with van der Waals surface area (Å²) in [5, 5.41) is 2.71. The third-order valence-corrected chi connectivity index (χ3v) is 4.61. The highest BCUT2D eigenvalue weighted by Gasteiger charge is 2.27. The molecular weight excluding hydrogens is 345 g/mol. The number of aromatic nitrogens is 1. The van der Waals surface area contributed by atoms with Crippen molar-refractivity contribution in [3.8, 4) is 0 Å². The summed E-state index contributed by atoms with van der Waals surface area (Å²) in [6.45, 7) is 3.59. The van der Waals surface area contributed by atoms with Gasteiger partial charge in [-0.05, 0) is 57.6 Å². The molecule has 1 N–H and O–H groups in total. The first kappa shape index (κ1) is 20.5. The average Bonchev–Trinajstić information content (AvgIpc) is 2.48. The average molecular weight is 372 g/mol. The van der Waals surface area contributed by atoms with Gasteiger partial charge in [-0.15, -0.1) is 0 Å². The van der Waals surface area contributed by atoms with Crippen LogP contribution in [0, 0.1) is 0 Å². The van der Waals surface area contributed by atoms with Gasteiger partial charge in [0.1, 0.15) is 5.56 Å². The Labute approximate surface area is 151 Å². The van der Waals surface area contributed by atoms with Gasteiger partial charge >= 0.3 is 6.18 Å². The van der Waals surface area contributed by atoms with Gasteiger partial charge in [0.15, 0.2) is 0 Å². The number of aryl methyl sites for hydroxylation is 1. The molecule has 0 spiro atoms. The predicted octanol–water partition coefficient (Wildman–Crippen LogP) is 3.99. The molecule has 1 amide bonds. The molecule has 0 saturated carbocycles. The van der Waals surface area contributed by atoms with E-state index < -0.39 is 24.1 Å². The van der Waals surface area contributed by atoms with Gasteiger partial charge in [0, 0.05) is 24.7 Å². The van der Waals surface area contributed by atoms with Crippen LogP contribution < -0.4 is 10.9 Å². The van der Waals surface area contributed by atoms with Crippen LogP contribution in [0.25, 0.3) is 0 Å². The second kappa shape index (κ2) is 8.73. The van der Waals surface area contributed by atoms with Crippen molar-refractivity contribution in [1.82, 2.24) is 9.88 Å². The van der Waals surface area contributed by atoms with Gasteiger partial charge in [-0.2, -0.15) is 13.2 Å². The monoisotopic (exact) mass is 372 g/mol. The molecule has 1 heterocycles. The highest BCUT2D eigenvalue weighted by atomic mass is 19.4. The summed E-state index contributed by atoms with van der Waals surface area (Å²) in [6.07, 6.45) is 0.0695. The Morgan fingerprint density at radius 2 is 1.85 bits per heavy atom. The molecule has 1 aromatic heterocycles. The largest absolute Gasteiger partial charge is 0.389 e. The number of carbonyl (C=O) groups is 1. The van der Waals surface area contributed by atoms with Crippen LogP contribution in [0.3, 0.4) is 0 Å². The van der Waals surface area contributed by atoms with Crippen molar-refractivity contribution < 1.29 is 18.0 Å². The molecule has 1 aromatic rings. The molecule has 2 rings (SSSR count). The maximum Gasteiger partial charge on any atom is 0.389 e. The molecule has 26 heavy (non-hydrogen) atoms. The summed E-state index contributed by atoms with van der Waals surface area (Å²) in [7, 11) is 0. The fourth-order valence-electron chi connectivity index (χ4n) is 3.41. The van der Waals surface area contributed by atoms with E-state index in [1.165, 1.54) is 4.57 Å².